The fourth-order valence-electron chi connectivity index (χ4n) is 5.67. The maximum atomic E-state index is 11.9. The van der Waals surface area contributed by atoms with E-state index in [0.29, 0.717) is 24.2 Å². The minimum absolute atomic E-state index is 0.00488. The fourth-order valence-corrected chi connectivity index (χ4v) is 5.67. The number of aliphatic hydroxyl groups is 2. The van der Waals surface area contributed by atoms with E-state index in [1.54, 1.807) is 6.08 Å². The molecule has 4 heteroatoms. The Bertz CT molecular complexity index is 634. The van der Waals surface area contributed by atoms with Crippen LogP contribution in [0.4, 0.5) is 0 Å². The third-order valence-electron chi connectivity index (χ3n) is 7.22. The number of ether oxygens (including phenoxy) is 1. The van der Waals surface area contributed by atoms with Crippen molar-refractivity contribution < 1.29 is 19.7 Å². The molecule has 2 aliphatic carbocycles. The molecule has 25 heavy (non-hydrogen) atoms. The molecule has 0 aromatic carbocycles. The Hall–Kier alpha value is -1.39. The lowest BCUT2D eigenvalue weighted by Gasteiger charge is -2.60. The molecular formula is C21H30O4. The Kier molecular flexibility index (Phi) is 4.71. The second-order valence-electron chi connectivity index (χ2n) is 8.59. The first-order valence-corrected chi connectivity index (χ1v) is 9.30. The van der Waals surface area contributed by atoms with Crippen LogP contribution in [0.1, 0.15) is 52.4 Å². The molecule has 1 heterocycles. The van der Waals surface area contributed by atoms with Crippen molar-refractivity contribution in [3.63, 3.8) is 0 Å². The van der Waals surface area contributed by atoms with Gasteiger partial charge in [0, 0.05) is 11.0 Å². The zero-order valence-electron chi connectivity index (χ0n) is 15.4. The van der Waals surface area contributed by atoms with Crippen molar-refractivity contribution in [1.82, 2.24) is 0 Å². The predicted octanol–water partition coefficient (Wildman–Crippen LogP) is 3.51. The van der Waals surface area contributed by atoms with Crippen molar-refractivity contribution in [1.29, 1.82) is 0 Å². The average Bonchev–Trinajstić information content (AvgIpc) is 2.88. The second-order valence-corrected chi connectivity index (χ2v) is 8.59. The zero-order chi connectivity index (χ0) is 18.4. The van der Waals surface area contributed by atoms with Crippen LogP contribution in [0.25, 0.3) is 0 Å². The van der Waals surface area contributed by atoms with Crippen LogP contribution in [-0.2, 0) is 9.53 Å². The topological polar surface area (TPSA) is 66.8 Å². The number of carbonyl (C=O) groups excluding carboxylic acids is 1. The van der Waals surface area contributed by atoms with Gasteiger partial charge >= 0.3 is 5.97 Å². The lowest BCUT2D eigenvalue weighted by atomic mass is 9.46. The summed E-state index contributed by atoms with van der Waals surface area (Å²) in [5.74, 6) is 0.670. The molecule has 0 bridgehead atoms. The van der Waals surface area contributed by atoms with E-state index < -0.39 is 11.5 Å². The third-order valence-corrected chi connectivity index (χ3v) is 7.22. The summed E-state index contributed by atoms with van der Waals surface area (Å²) in [6.07, 6.45) is 6.28. The van der Waals surface area contributed by atoms with E-state index in [-0.39, 0.29) is 29.8 Å². The summed E-state index contributed by atoms with van der Waals surface area (Å²) >= 11 is 0. The van der Waals surface area contributed by atoms with Crippen LogP contribution in [0, 0.1) is 22.7 Å². The quantitative estimate of drug-likeness (QED) is 0.604. The van der Waals surface area contributed by atoms with Gasteiger partial charge in [-0.2, -0.15) is 0 Å². The fraction of sp³-hybridized carbons (Fsp3) is 0.667. The highest BCUT2D eigenvalue weighted by Crippen LogP contribution is 2.61. The summed E-state index contributed by atoms with van der Waals surface area (Å²) in [6, 6.07) is 0. The van der Waals surface area contributed by atoms with E-state index in [1.807, 2.05) is 6.92 Å². The van der Waals surface area contributed by atoms with Crippen molar-refractivity contribution in [2.45, 2.75) is 58.5 Å². The number of esters is 1. The predicted molar refractivity (Wildman–Crippen MR) is 96.4 cm³/mol. The minimum atomic E-state index is -0.466. The molecule has 0 aromatic heterocycles. The maximum absolute atomic E-state index is 11.9. The number of hydrogen-bond donors (Lipinski definition) is 2. The monoisotopic (exact) mass is 346 g/mol. The van der Waals surface area contributed by atoms with Crippen molar-refractivity contribution >= 4 is 5.97 Å². The lowest BCUT2D eigenvalue weighted by molar-refractivity contribution is -0.152. The summed E-state index contributed by atoms with van der Waals surface area (Å²) < 4.78 is 5.02. The molecule has 0 spiro atoms. The van der Waals surface area contributed by atoms with Crippen LogP contribution in [0.5, 0.6) is 0 Å². The Morgan fingerprint density at radius 2 is 2.04 bits per heavy atom. The number of hydrogen-bond acceptors (Lipinski definition) is 4. The molecule has 5 atom stereocenters. The summed E-state index contributed by atoms with van der Waals surface area (Å²) in [6.45, 7) is 12.3. The molecule has 2 N–H and O–H groups in total. The highest BCUT2D eigenvalue weighted by atomic mass is 16.5. The van der Waals surface area contributed by atoms with Crippen LogP contribution >= 0.6 is 0 Å². The van der Waals surface area contributed by atoms with Crippen molar-refractivity contribution in [3.05, 3.63) is 36.1 Å². The Labute approximate surface area is 150 Å². The molecule has 2 saturated carbocycles. The van der Waals surface area contributed by atoms with E-state index in [2.05, 4.69) is 20.1 Å². The smallest absolute Gasteiger partial charge is 0.339 e. The van der Waals surface area contributed by atoms with Gasteiger partial charge in [0.15, 0.2) is 0 Å². The molecule has 4 nitrogen and oxygen atoms in total. The second kappa shape index (κ2) is 6.40. The highest BCUT2D eigenvalue weighted by molar-refractivity contribution is 5.92. The number of allylic oxidation sites excluding steroid dienone is 2. The number of aliphatic hydroxyl groups excluding tert-OH is 2. The third kappa shape index (κ3) is 2.89. The van der Waals surface area contributed by atoms with E-state index in [0.717, 1.165) is 25.7 Å². The Morgan fingerprint density at radius 3 is 2.64 bits per heavy atom. The summed E-state index contributed by atoms with van der Waals surface area (Å²) in [7, 11) is 0. The highest BCUT2D eigenvalue weighted by Gasteiger charge is 2.57. The molecule has 0 amide bonds. The molecule has 1 aliphatic heterocycles. The van der Waals surface area contributed by atoms with Gasteiger partial charge in [-0.05, 0) is 61.9 Å². The van der Waals surface area contributed by atoms with Gasteiger partial charge < -0.3 is 14.9 Å². The van der Waals surface area contributed by atoms with Crippen LogP contribution in [-0.4, -0.2) is 28.9 Å². The number of rotatable bonds is 4. The minimum Gasteiger partial charge on any atom is -0.424 e. The van der Waals surface area contributed by atoms with E-state index in [1.165, 1.54) is 5.57 Å². The zero-order valence-corrected chi connectivity index (χ0v) is 15.4. The van der Waals surface area contributed by atoms with Gasteiger partial charge in [0.1, 0.15) is 5.76 Å². The van der Waals surface area contributed by atoms with E-state index in [4.69, 9.17) is 4.74 Å². The van der Waals surface area contributed by atoms with Gasteiger partial charge in [-0.3, -0.25) is 0 Å². The van der Waals surface area contributed by atoms with Gasteiger partial charge in [-0.25, -0.2) is 4.79 Å². The first-order valence-electron chi connectivity index (χ1n) is 9.30. The maximum Gasteiger partial charge on any atom is 0.339 e. The average molecular weight is 346 g/mol. The van der Waals surface area contributed by atoms with Gasteiger partial charge in [0.05, 0.1) is 12.7 Å². The van der Waals surface area contributed by atoms with Gasteiger partial charge in [-0.1, -0.05) is 32.6 Å². The van der Waals surface area contributed by atoms with Crippen molar-refractivity contribution in [2.75, 3.05) is 6.61 Å². The Balaban J connectivity index is 1.83. The van der Waals surface area contributed by atoms with Crippen LogP contribution in [0.3, 0.4) is 0 Å². The van der Waals surface area contributed by atoms with Crippen LogP contribution in [0.2, 0.25) is 0 Å². The van der Waals surface area contributed by atoms with Gasteiger partial charge in [-0.15, -0.1) is 0 Å². The van der Waals surface area contributed by atoms with E-state index in [9.17, 15) is 15.0 Å². The number of carbonyl (C=O) groups is 1. The Morgan fingerprint density at radius 1 is 1.32 bits per heavy atom. The normalized spacial score (nSPS) is 41.4. The summed E-state index contributed by atoms with van der Waals surface area (Å²) in [5, 5.41) is 20.6. The first kappa shape index (κ1) is 18.4. The number of cyclic esters (lactones) is 1. The molecule has 138 valence electrons. The van der Waals surface area contributed by atoms with E-state index >= 15 is 0 Å². The molecule has 3 rings (SSSR count). The van der Waals surface area contributed by atoms with Crippen molar-refractivity contribution in [2.24, 2.45) is 22.7 Å². The summed E-state index contributed by atoms with van der Waals surface area (Å²) in [4.78, 5) is 11.9. The first-order chi connectivity index (χ1) is 11.7. The standard InChI is InChI=1S/C21H30O4/c1-13-5-8-17-20(3,10-9-18(23)21(17,4)12-22)16(13)7-6-15-11-14(2)25-19(15)24/h11,16-18,22-23H,1-2,5-10,12H2,3-4H3/t16-,17+,18-,20+,21+/m1/s1. The molecule has 0 unspecified atom stereocenters. The molecular weight excluding hydrogens is 316 g/mol. The SMILES string of the molecule is C=C1C=C(CC[C@@H]2C(=C)CC[C@@H]3[C@](C)(CO)[C@H](O)CC[C@]32C)C(=O)O1. The lowest BCUT2D eigenvalue weighted by Crippen LogP contribution is -2.57. The van der Waals surface area contributed by atoms with Crippen LogP contribution < -0.4 is 0 Å². The van der Waals surface area contributed by atoms with Gasteiger partial charge in [0.2, 0.25) is 0 Å². The van der Waals surface area contributed by atoms with Gasteiger partial charge in [0.25, 0.3) is 0 Å². The van der Waals surface area contributed by atoms with Crippen molar-refractivity contribution in [3.8, 4) is 0 Å². The van der Waals surface area contributed by atoms with Crippen LogP contribution in [0.15, 0.2) is 36.1 Å². The molecule has 0 aromatic rings. The molecule has 0 radical (unpaired) electrons. The summed E-state index contributed by atoms with van der Waals surface area (Å²) in [5.41, 5.74) is 1.45. The molecule has 3 aliphatic rings. The largest absolute Gasteiger partial charge is 0.424 e. The number of fused-ring (bicyclic) bond motifs is 1. The molecule has 0 saturated heterocycles. The molecule has 2 fully saturated rings.